The summed E-state index contributed by atoms with van der Waals surface area (Å²) in [5.41, 5.74) is 3.16. The Hall–Kier alpha value is -2.04. The van der Waals surface area contributed by atoms with Crippen LogP contribution in [0.2, 0.25) is 10.0 Å². The number of nitrogens with one attached hydrogen (secondary N) is 1. The molecule has 0 saturated heterocycles. The summed E-state index contributed by atoms with van der Waals surface area (Å²) >= 11 is 11.9. The van der Waals surface area contributed by atoms with E-state index in [0.717, 1.165) is 24.2 Å². The van der Waals surface area contributed by atoms with E-state index in [1.54, 1.807) is 18.2 Å². The molecular formula is C21H22Cl2N2O2. The van der Waals surface area contributed by atoms with Crippen LogP contribution in [0.4, 0.5) is 11.4 Å². The summed E-state index contributed by atoms with van der Waals surface area (Å²) in [5, 5.41) is 3.64. The smallest absolute Gasteiger partial charge is 0.255 e. The van der Waals surface area contributed by atoms with Crippen LogP contribution in [0.1, 0.15) is 42.6 Å². The van der Waals surface area contributed by atoms with Gasteiger partial charge in [-0.15, -0.1) is 0 Å². The van der Waals surface area contributed by atoms with E-state index in [4.69, 9.17) is 23.2 Å². The van der Waals surface area contributed by atoms with Crippen molar-refractivity contribution in [3.8, 4) is 0 Å². The van der Waals surface area contributed by atoms with E-state index < -0.39 is 0 Å². The zero-order valence-corrected chi connectivity index (χ0v) is 16.9. The van der Waals surface area contributed by atoms with Crippen LogP contribution < -0.4 is 10.2 Å². The third kappa shape index (κ3) is 4.63. The van der Waals surface area contributed by atoms with Crippen LogP contribution in [-0.2, 0) is 11.2 Å². The zero-order valence-electron chi connectivity index (χ0n) is 15.4. The Labute approximate surface area is 169 Å². The Kier molecular flexibility index (Phi) is 6.08. The first-order chi connectivity index (χ1) is 12.8. The molecule has 0 bridgehead atoms. The molecule has 2 aromatic rings. The van der Waals surface area contributed by atoms with Gasteiger partial charge in [-0.3, -0.25) is 9.59 Å². The molecule has 0 unspecified atom stereocenters. The number of fused-ring (bicyclic) bond motifs is 1. The van der Waals surface area contributed by atoms with Gasteiger partial charge in [0.15, 0.2) is 0 Å². The van der Waals surface area contributed by atoms with Gasteiger partial charge in [-0.25, -0.2) is 0 Å². The topological polar surface area (TPSA) is 49.4 Å². The number of halogens is 2. The molecule has 0 saturated carbocycles. The number of rotatable bonds is 5. The van der Waals surface area contributed by atoms with Crippen molar-refractivity contribution in [3.05, 3.63) is 57.6 Å². The van der Waals surface area contributed by atoms with Crippen molar-refractivity contribution in [1.29, 1.82) is 0 Å². The predicted molar refractivity (Wildman–Crippen MR) is 111 cm³/mol. The summed E-state index contributed by atoms with van der Waals surface area (Å²) in [5.74, 6) is 0.445. The van der Waals surface area contributed by atoms with E-state index in [1.807, 2.05) is 23.1 Å². The molecule has 1 aliphatic rings. The average Bonchev–Trinajstić information content (AvgIpc) is 2.63. The molecule has 27 heavy (non-hydrogen) atoms. The van der Waals surface area contributed by atoms with Crippen molar-refractivity contribution in [2.24, 2.45) is 5.92 Å². The molecule has 2 amide bonds. The van der Waals surface area contributed by atoms with Gasteiger partial charge in [-0.05, 0) is 60.7 Å². The van der Waals surface area contributed by atoms with Gasteiger partial charge >= 0.3 is 0 Å². The molecule has 0 aromatic heterocycles. The molecule has 0 fully saturated rings. The molecule has 1 N–H and O–H groups in total. The first kappa shape index (κ1) is 19.7. The normalized spacial score (nSPS) is 13.7. The number of aryl methyl sites for hydroxylation is 1. The molecule has 0 aliphatic carbocycles. The van der Waals surface area contributed by atoms with Crippen LogP contribution in [0.5, 0.6) is 0 Å². The second-order valence-corrected chi connectivity index (χ2v) is 7.97. The van der Waals surface area contributed by atoms with E-state index in [2.05, 4.69) is 19.2 Å². The number of carbonyl (C=O) groups excluding carboxylic acids is 2. The van der Waals surface area contributed by atoms with Crippen LogP contribution in [-0.4, -0.2) is 18.4 Å². The lowest BCUT2D eigenvalue weighted by molar-refractivity contribution is -0.118. The van der Waals surface area contributed by atoms with Gasteiger partial charge in [-0.1, -0.05) is 37.0 Å². The van der Waals surface area contributed by atoms with Crippen LogP contribution in [0.15, 0.2) is 36.4 Å². The molecule has 2 aromatic carbocycles. The number of hydrogen-bond acceptors (Lipinski definition) is 2. The fraction of sp³-hybridized carbons (Fsp3) is 0.333. The Balaban J connectivity index is 1.78. The number of anilines is 2. The Bertz CT molecular complexity index is 880. The first-order valence-electron chi connectivity index (χ1n) is 9.05. The fourth-order valence-corrected chi connectivity index (χ4v) is 3.41. The van der Waals surface area contributed by atoms with Gasteiger partial charge in [0, 0.05) is 29.9 Å². The van der Waals surface area contributed by atoms with Crippen molar-refractivity contribution in [1.82, 2.24) is 0 Å². The summed E-state index contributed by atoms with van der Waals surface area (Å²) in [6.45, 7) is 5.02. The number of hydrogen-bond donors (Lipinski definition) is 1. The molecule has 6 heteroatoms. The standard InChI is InChI=1S/C21H22Cl2N2O2/c1-13(2)9-10-25-19-7-5-16(11-14(19)4-8-20(25)26)24-21(27)15-3-6-17(22)18(23)12-15/h3,5-7,11-13H,4,8-10H2,1-2H3,(H,24,27). The maximum Gasteiger partial charge on any atom is 0.255 e. The maximum atomic E-state index is 12.5. The van der Waals surface area contributed by atoms with Crippen molar-refractivity contribution in [2.45, 2.75) is 33.1 Å². The van der Waals surface area contributed by atoms with Crippen LogP contribution in [0.25, 0.3) is 0 Å². The maximum absolute atomic E-state index is 12.5. The summed E-state index contributed by atoms with van der Waals surface area (Å²) in [6.07, 6.45) is 2.14. The minimum atomic E-state index is -0.253. The van der Waals surface area contributed by atoms with Gasteiger partial charge < -0.3 is 10.2 Å². The minimum Gasteiger partial charge on any atom is -0.322 e. The van der Waals surface area contributed by atoms with Crippen molar-refractivity contribution in [2.75, 3.05) is 16.8 Å². The number of benzene rings is 2. The van der Waals surface area contributed by atoms with Crippen molar-refractivity contribution < 1.29 is 9.59 Å². The summed E-state index contributed by atoms with van der Waals surface area (Å²) < 4.78 is 0. The zero-order chi connectivity index (χ0) is 19.6. The monoisotopic (exact) mass is 404 g/mol. The van der Waals surface area contributed by atoms with Crippen molar-refractivity contribution >= 4 is 46.4 Å². The molecule has 1 heterocycles. The highest BCUT2D eigenvalue weighted by Gasteiger charge is 2.24. The SMILES string of the molecule is CC(C)CCN1C(=O)CCc2cc(NC(=O)c3ccc(Cl)c(Cl)c3)ccc21. The lowest BCUT2D eigenvalue weighted by Gasteiger charge is -2.30. The van der Waals surface area contributed by atoms with Gasteiger partial charge in [0.05, 0.1) is 10.0 Å². The second-order valence-electron chi connectivity index (χ2n) is 7.15. The Morgan fingerprint density at radius 2 is 1.89 bits per heavy atom. The first-order valence-corrected chi connectivity index (χ1v) is 9.80. The largest absolute Gasteiger partial charge is 0.322 e. The number of amides is 2. The quantitative estimate of drug-likeness (QED) is 0.707. The molecule has 142 valence electrons. The predicted octanol–water partition coefficient (Wildman–Crippen LogP) is 5.57. The molecule has 1 aliphatic heterocycles. The van der Waals surface area contributed by atoms with Gasteiger partial charge in [0.2, 0.25) is 5.91 Å². The molecule has 0 radical (unpaired) electrons. The third-order valence-electron chi connectivity index (χ3n) is 4.65. The minimum absolute atomic E-state index is 0.163. The highest BCUT2D eigenvalue weighted by Crippen LogP contribution is 2.31. The van der Waals surface area contributed by atoms with Crippen LogP contribution in [0, 0.1) is 5.92 Å². The molecule has 0 spiro atoms. The molecule has 0 atom stereocenters. The molecular weight excluding hydrogens is 383 g/mol. The lowest BCUT2D eigenvalue weighted by atomic mass is 9.99. The Morgan fingerprint density at radius 1 is 1.11 bits per heavy atom. The third-order valence-corrected chi connectivity index (χ3v) is 5.39. The van der Waals surface area contributed by atoms with Gasteiger partial charge in [0.25, 0.3) is 5.91 Å². The highest BCUT2D eigenvalue weighted by molar-refractivity contribution is 6.42. The number of nitrogens with zero attached hydrogens (tertiary/aromatic N) is 1. The van der Waals surface area contributed by atoms with Gasteiger partial charge in [0.1, 0.15) is 0 Å². The average molecular weight is 405 g/mol. The van der Waals surface area contributed by atoms with E-state index in [1.165, 1.54) is 0 Å². The molecule has 3 rings (SSSR count). The van der Waals surface area contributed by atoms with E-state index >= 15 is 0 Å². The summed E-state index contributed by atoms with van der Waals surface area (Å²) in [7, 11) is 0. The van der Waals surface area contributed by atoms with Crippen LogP contribution >= 0.6 is 23.2 Å². The Morgan fingerprint density at radius 3 is 2.59 bits per heavy atom. The summed E-state index contributed by atoms with van der Waals surface area (Å²) in [6, 6.07) is 10.5. The fourth-order valence-electron chi connectivity index (χ4n) is 3.11. The lowest BCUT2D eigenvalue weighted by Crippen LogP contribution is -2.36. The van der Waals surface area contributed by atoms with E-state index in [0.29, 0.717) is 40.1 Å². The van der Waals surface area contributed by atoms with E-state index in [-0.39, 0.29) is 11.8 Å². The van der Waals surface area contributed by atoms with Crippen LogP contribution in [0.3, 0.4) is 0 Å². The summed E-state index contributed by atoms with van der Waals surface area (Å²) in [4.78, 5) is 26.6. The molecule has 4 nitrogen and oxygen atoms in total. The highest BCUT2D eigenvalue weighted by atomic mass is 35.5. The van der Waals surface area contributed by atoms with Gasteiger partial charge in [-0.2, -0.15) is 0 Å². The number of carbonyl (C=O) groups is 2. The van der Waals surface area contributed by atoms with E-state index in [9.17, 15) is 9.59 Å². The van der Waals surface area contributed by atoms with Crippen molar-refractivity contribution in [3.63, 3.8) is 0 Å². The second kappa shape index (κ2) is 8.32.